The Morgan fingerprint density at radius 2 is 2.06 bits per heavy atom. The molecule has 1 heterocycles. The number of H-pyrrole nitrogens is 1. The average molecular weight is 309 g/mol. The number of benzene rings is 1. The number of nitrogens with zero attached hydrogens (tertiary/aromatic N) is 1. The van der Waals surface area contributed by atoms with Gasteiger partial charge in [-0.3, -0.25) is 0 Å². The van der Waals surface area contributed by atoms with Gasteiger partial charge >= 0.3 is 11.9 Å². The summed E-state index contributed by atoms with van der Waals surface area (Å²) in [5.41, 5.74) is -0.792. The molecule has 8 heteroatoms. The van der Waals surface area contributed by atoms with Gasteiger partial charge in [0.2, 0.25) is 5.89 Å². The minimum Gasteiger partial charge on any atom is -0.388 e. The molecule has 90 valence electrons. The Hall–Kier alpha value is -1.57. The largest absolute Gasteiger partial charge is 0.434 e. The monoisotopic (exact) mass is 308 g/mol. The molecule has 0 bridgehead atoms. The van der Waals surface area contributed by atoms with Crippen LogP contribution in [0.1, 0.15) is 5.56 Å². The summed E-state index contributed by atoms with van der Waals surface area (Å²) < 4.78 is 42.4. The zero-order chi connectivity index (χ0) is 12.6. The van der Waals surface area contributed by atoms with E-state index >= 15 is 0 Å². The highest BCUT2D eigenvalue weighted by molar-refractivity contribution is 9.10. The van der Waals surface area contributed by atoms with Crippen molar-refractivity contribution < 1.29 is 17.6 Å². The second kappa shape index (κ2) is 4.02. The van der Waals surface area contributed by atoms with Gasteiger partial charge in [-0.15, -0.1) is 5.10 Å². The quantitative estimate of drug-likeness (QED) is 0.881. The van der Waals surface area contributed by atoms with Crippen LogP contribution in [0.4, 0.5) is 13.2 Å². The molecule has 1 aromatic heterocycles. The van der Waals surface area contributed by atoms with Gasteiger partial charge in [0.05, 0.1) is 11.1 Å². The normalized spacial score (nSPS) is 11.8. The Morgan fingerprint density at radius 1 is 1.35 bits per heavy atom. The minimum atomic E-state index is -4.47. The van der Waals surface area contributed by atoms with E-state index in [-0.39, 0.29) is 11.5 Å². The number of hydrogen-bond acceptors (Lipinski definition) is 3. The van der Waals surface area contributed by atoms with Crippen molar-refractivity contribution in [3.63, 3.8) is 0 Å². The van der Waals surface area contributed by atoms with Gasteiger partial charge in [0.1, 0.15) is 0 Å². The Morgan fingerprint density at radius 3 is 2.59 bits per heavy atom. The number of nitrogens with one attached hydrogen (secondary N) is 1. The first-order chi connectivity index (χ1) is 7.88. The van der Waals surface area contributed by atoms with Crippen LogP contribution in [-0.2, 0) is 6.18 Å². The van der Waals surface area contributed by atoms with Crippen molar-refractivity contribution in [3.05, 3.63) is 38.8 Å². The van der Waals surface area contributed by atoms with Crippen LogP contribution in [0.5, 0.6) is 0 Å². The molecule has 4 nitrogen and oxygen atoms in total. The van der Waals surface area contributed by atoms with Gasteiger partial charge in [-0.1, -0.05) is 0 Å². The van der Waals surface area contributed by atoms with Crippen LogP contribution in [0.25, 0.3) is 11.5 Å². The summed E-state index contributed by atoms with van der Waals surface area (Å²) >= 11 is 3.06. The van der Waals surface area contributed by atoms with Crippen molar-refractivity contribution in [2.24, 2.45) is 0 Å². The lowest BCUT2D eigenvalue weighted by Gasteiger charge is -2.08. The summed E-state index contributed by atoms with van der Waals surface area (Å²) in [4.78, 5) is 10.7. The maximum absolute atomic E-state index is 12.5. The molecule has 0 atom stereocenters. The van der Waals surface area contributed by atoms with E-state index in [1.807, 2.05) is 5.10 Å². The second-order valence-corrected chi connectivity index (χ2v) is 3.97. The fourth-order valence-electron chi connectivity index (χ4n) is 1.21. The van der Waals surface area contributed by atoms with Crippen LogP contribution in [0.2, 0.25) is 0 Å². The molecule has 0 unspecified atom stereocenters. The second-order valence-electron chi connectivity index (χ2n) is 3.11. The fraction of sp³-hybridized carbons (Fsp3) is 0.111. The van der Waals surface area contributed by atoms with Crippen molar-refractivity contribution in [2.45, 2.75) is 6.18 Å². The topological polar surface area (TPSA) is 58.9 Å². The molecule has 2 rings (SSSR count). The van der Waals surface area contributed by atoms with Crippen molar-refractivity contribution in [3.8, 4) is 11.5 Å². The number of aromatic nitrogens is 2. The molecule has 0 saturated heterocycles. The Kier molecular flexibility index (Phi) is 2.82. The standard InChI is InChI=1S/C9H4BrF3N2O2/c10-6-2-1-4(9(11,12)13)3-5(6)7-14-15-8(16)17-7/h1-3H,(H,15,16). The van der Waals surface area contributed by atoms with E-state index in [9.17, 15) is 18.0 Å². The third kappa shape index (κ3) is 2.41. The van der Waals surface area contributed by atoms with Crippen LogP contribution in [0, 0.1) is 0 Å². The van der Waals surface area contributed by atoms with Gasteiger partial charge in [-0.2, -0.15) is 13.2 Å². The highest BCUT2D eigenvalue weighted by Crippen LogP contribution is 2.34. The van der Waals surface area contributed by atoms with Crippen LogP contribution < -0.4 is 5.76 Å². The zero-order valence-electron chi connectivity index (χ0n) is 8.01. The smallest absolute Gasteiger partial charge is 0.388 e. The molecular weight excluding hydrogens is 305 g/mol. The molecule has 0 fully saturated rings. The van der Waals surface area contributed by atoms with Gasteiger partial charge in [-0.25, -0.2) is 9.89 Å². The maximum Gasteiger partial charge on any atom is 0.434 e. The first-order valence-electron chi connectivity index (χ1n) is 4.30. The first-order valence-corrected chi connectivity index (χ1v) is 5.10. The fourth-order valence-corrected chi connectivity index (χ4v) is 1.63. The first kappa shape index (κ1) is 11.9. The molecule has 0 aliphatic rings. The van der Waals surface area contributed by atoms with Crippen LogP contribution in [-0.4, -0.2) is 10.2 Å². The van der Waals surface area contributed by atoms with E-state index in [4.69, 9.17) is 0 Å². The highest BCUT2D eigenvalue weighted by Gasteiger charge is 2.31. The Balaban J connectivity index is 2.58. The predicted molar refractivity (Wildman–Crippen MR) is 55.3 cm³/mol. The Labute approximate surface area is 101 Å². The molecule has 0 aliphatic carbocycles. The average Bonchev–Trinajstić information content (AvgIpc) is 2.63. The molecule has 0 spiro atoms. The van der Waals surface area contributed by atoms with Gasteiger partial charge < -0.3 is 4.42 Å². The summed E-state index contributed by atoms with van der Waals surface area (Å²) in [5.74, 6) is -1.03. The van der Waals surface area contributed by atoms with E-state index in [1.165, 1.54) is 6.07 Å². The highest BCUT2D eigenvalue weighted by atomic mass is 79.9. The van der Waals surface area contributed by atoms with Crippen LogP contribution in [0.15, 0.2) is 31.9 Å². The molecule has 0 aliphatic heterocycles. The molecule has 1 N–H and O–H groups in total. The third-order valence-corrected chi connectivity index (χ3v) is 2.65. The van der Waals surface area contributed by atoms with Gasteiger partial charge in [0.15, 0.2) is 0 Å². The SMILES string of the molecule is O=c1[nH]nc(-c2cc(C(F)(F)F)ccc2Br)o1. The maximum atomic E-state index is 12.5. The Bertz CT molecular complexity index is 603. The molecule has 0 saturated carbocycles. The summed E-state index contributed by atoms with van der Waals surface area (Å²) in [7, 11) is 0. The number of alkyl halides is 3. The third-order valence-electron chi connectivity index (χ3n) is 1.96. The van der Waals surface area contributed by atoms with Crippen LogP contribution >= 0.6 is 15.9 Å². The summed E-state index contributed by atoms with van der Waals surface area (Å²) in [6.45, 7) is 0. The minimum absolute atomic E-state index is 0.0539. The summed E-state index contributed by atoms with van der Waals surface area (Å²) in [5, 5.41) is 5.45. The lowest BCUT2D eigenvalue weighted by atomic mass is 10.1. The molecule has 1 aromatic carbocycles. The molecule has 0 amide bonds. The van der Waals surface area contributed by atoms with Crippen molar-refractivity contribution >= 4 is 15.9 Å². The molecule has 17 heavy (non-hydrogen) atoms. The lowest BCUT2D eigenvalue weighted by molar-refractivity contribution is -0.137. The van der Waals surface area contributed by atoms with E-state index in [0.29, 0.717) is 4.47 Å². The number of aromatic amines is 1. The van der Waals surface area contributed by atoms with E-state index < -0.39 is 17.5 Å². The molecular formula is C9H4BrF3N2O2. The van der Waals surface area contributed by atoms with Crippen molar-refractivity contribution in [1.29, 1.82) is 0 Å². The van der Waals surface area contributed by atoms with E-state index in [1.54, 1.807) is 0 Å². The number of hydrogen-bond donors (Lipinski definition) is 1. The van der Waals surface area contributed by atoms with Crippen LogP contribution in [0.3, 0.4) is 0 Å². The van der Waals surface area contributed by atoms with Gasteiger partial charge in [0.25, 0.3) is 0 Å². The molecule has 2 aromatic rings. The number of rotatable bonds is 1. The summed E-state index contributed by atoms with van der Waals surface area (Å²) in [6.07, 6.45) is -4.47. The van der Waals surface area contributed by atoms with Gasteiger partial charge in [-0.05, 0) is 34.1 Å². The van der Waals surface area contributed by atoms with E-state index in [2.05, 4.69) is 25.4 Å². The molecule has 0 radical (unpaired) electrons. The van der Waals surface area contributed by atoms with Crippen molar-refractivity contribution in [2.75, 3.05) is 0 Å². The van der Waals surface area contributed by atoms with Crippen molar-refractivity contribution in [1.82, 2.24) is 10.2 Å². The van der Waals surface area contributed by atoms with Gasteiger partial charge in [0, 0.05) is 4.47 Å². The van der Waals surface area contributed by atoms with E-state index in [0.717, 1.165) is 12.1 Å². The summed E-state index contributed by atoms with van der Waals surface area (Å²) in [6, 6.07) is 2.98. The predicted octanol–water partition coefficient (Wildman–Crippen LogP) is 2.81. The number of halogens is 4. The lowest BCUT2D eigenvalue weighted by Crippen LogP contribution is -2.04. The zero-order valence-corrected chi connectivity index (χ0v) is 9.59.